The van der Waals surface area contributed by atoms with E-state index in [9.17, 15) is 4.79 Å². The van der Waals surface area contributed by atoms with Crippen molar-refractivity contribution in [3.8, 4) is 0 Å². The van der Waals surface area contributed by atoms with Crippen LogP contribution in [-0.4, -0.2) is 17.9 Å². The van der Waals surface area contributed by atoms with Crippen molar-refractivity contribution in [3.05, 3.63) is 41.5 Å². The summed E-state index contributed by atoms with van der Waals surface area (Å²) in [5.74, 6) is 0.105. The molecule has 1 heterocycles. The van der Waals surface area contributed by atoms with Crippen LogP contribution in [0.1, 0.15) is 35.7 Å². The van der Waals surface area contributed by atoms with Gasteiger partial charge in [-0.05, 0) is 12.5 Å². The van der Waals surface area contributed by atoms with Crippen molar-refractivity contribution < 1.29 is 4.79 Å². The summed E-state index contributed by atoms with van der Waals surface area (Å²) in [6.45, 7) is 2.14. The van der Waals surface area contributed by atoms with Crippen molar-refractivity contribution in [1.82, 2.24) is 4.90 Å². The number of nitrogens with zero attached hydrogens (tertiary/aromatic N) is 1. The van der Waals surface area contributed by atoms with Gasteiger partial charge in [-0.3, -0.25) is 4.79 Å². The highest BCUT2D eigenvalue weighted by atomic mass is 16.2. The molecule has 0 aliphatic carbocycles. The van der Waals surface area contributed by atoms with E-state index in [0.29, 0.717) is 0 Å². The second kappa shape index (κ2) is 3.89. The number of carbonyl (C=O) groups is 1. The van der Waals surface area contributed by atoms with Crippen molar-refractivity contribution in [2.24, 2.45) is 0 Å². The fourth-order valence-corrected chi connectivity index (χ4v) is 1.89. The van der Waals surface area contributed by atoms with Crippen molar-refractivity contribution in [2.75, 3.05) is 7.05 Å². The summed E-state index contributed by atoms with van der Waals surface area (Å²) in [5.41, 5.74) is 2.94. The maximum Gasteiger partial charge on any atom is 0.258 e. The predicted octanol–water partition coefficient (Wildman–Crippen LogP) is 2.91. The molecular formula is C13H15NO. The normalized spacial score (nSPS) is 17.3. The van der Waals surface area contributed by atoms with Gasteiger partial charge >= 0.3 is 0 Å². The molecule has 0 bridgehead atoms. The van der Waals surface area contributed by atoms with Gasteiger partial charge in [-0.2, -0.15) is 0 Å². The Labute approximate surface area is 90.2 Å². The number of benzene rings is 1. The lowest BCUT2D eigenvalue weighted by Crippen LogP contribution is -2.17. The quantitative estimate of drug-likeness (QED) is 0.720. The number of rotatable bonds is 2. The first-order valence-corrected chi connectivity index (χ1v) is 5.33. The monoisotopic (exact) mass is 201 g/mol. The van der Waals surface area contributed by atoms with E-state index in [4.69, 9.17) is 0 Å². The molecule has 2 nitrogen and oxygen atoms in total. The van der Waals surface area contributed by atoms with Gasteiger partial charge in [0.15, 0.2) is 0 Å². The lowest BCUT2D eigenvalue weighted by Gasteiger charge is -2.10. The highest BCUT2D eigenvalue weighted by Crippen LogP contribution is 2.31. The van der Waals surface area contributed by atoms with Crippen molar-refractivity contribution >= 4 is 11.6 Å². The Balaban J connectivity index is 2.47. The number of hydrogen-bond acceptors (Lipinski definition) is 1. The Bertz CT molecular complexity index is 420. The standard InChI is InChI=1S/C13H15NO/c1-3-4-9-12-10-7-5-6-8-11(10)13(15)14(12)2/h5-9H,3-4H2,1-2H3/b12-9+. The molecule has 2 heteroatoms. The predicted molar refractivity (Wildman–Crippen MR) is 61.4 cm³/mol. The Morgan fingerprint density at radius 3 is 2.60 bits per heavy atom. The van der Waals surface area contributed by atoms with Gasteiger partial charge in [-0.25, -0.2) is 0 Å². The first kappa shape index (κ1) is 9.97. The van der Waals surface area contributed by atoms with E-state index in [0.717, 1.165) is 29.7 Å². The zero-order valence-corrected chi connectivity index (χ0v) is 9.16. The number of allylic oxidation sites excluding steroid dienone is 1. The molecule has 0 saturated carbocycles. The molecular weight excluding hydrogens is 186 g/mol. The maximum absolute atomic E-state index is 11.9. The average Bonchev–Trinajstić information content (AvgIpc) is 2.51. The molecule has 15 heavy (non-hydrogen) atoms. The Kier molecular flexibility index (Phi) is 2.58. The van der Waals surface area contributed by atoms with E-state index < -0.39 is 0 Å². The molecule has 0 radical (unpaired) electrons. The minimum atomic E-state index is 0.105. The van der Waals surface area contributed by atoms with Crippen LogP contribution < -0.4 is 0 Å². The summed E-state index contributed by atoms with van der Waals surface area (Å²) >= 11 is 0. The third-order valence-corrected chi connectivity index (χ3v) is 2.73. The Morgan fingerprint density at radius 2 is 1.93 bits per heavy atom. The van der Waals surface area contributed by atoms with Gasteiger partial charge in [0.25, 0.3) is 5.91 Å². The lowest BCUT2D eigenvalue weighted by atomic mass is 10.1. The zero-order valence-electron chi connectivity index (χ0n) is 9.16. The molecule has 78 valence electrons. The van der Waals surface area contributed by atoms with Crippen LogP contribution in [0.4, 0.5) is 0 Å². The summed E-state index contributed by atoms with van der Waals surface area (Å²) in [5, 5.41) is 0. The third kappa shape index (κ3) is 1.56. The summed E-state index contributed by atoms with van der Waals surface area (Å²) in [7, 11) is 1.84. The minimum absolute atomic E-state index is 0.105. The van der Waals surface area contributed by atoms with Gasteiger partial charge in [0.1, 0.15) is 0 Å². The fraction of sp³-hybridized carbons (Fsp3) is 0.308. The molecule has 1 aromatic rings. The molecule has 0 N–H and O–H groups in total. The van der Waals surface area contributed by atoms with Crippen LogP contribution in [0.3, 0.4) is 0 Å². The van der Waals surface area contributed by atoms with Crippen LogP contribution in [0.25, 0.3) is 5.70 Å². The fourth-order valence-electron chi connectivity index (χ4n) is 1.89. The molecule has 0 fully saturated rings. The SMILES string of the molecule is CCC/C=C1\c2ccccc2C(=O)N1C. The molecule has 1 aromatic carbocycles. The highest BCUT2D eigenvalue weighted by Gasteiger charge is 2.28. The molecule has 0 spiro atoms. The number of unbranched alkanes of at least 4 members (excludes halogenated alkanes) is 1. The average molecular weight is 201 g/mol. The Hall–Kier alpha value is -1.57. The number of hydrogen-bond donors (Lipinski definition) is 0. The van der Waals surface area contributed by atoms with E-state index in [1.54, 1.807) is 4.90 Å². The maximum atomic E-state index is 11.9. The van der Waals surface area contributed by atoms with Crippen LogP contribution in [0.5, 0.6) is 0 Å². The van der Waals surface area contributed by atoms with Crippen LogP contribution in [0.2, 0.25) is 0 Å². The number of fused-ring (bicyclic) bond motifs is 1. The summed E-state index contributed by atoms with van der Waals surface area (Å²) in [6.07, 6.45) is 4.26. The molecule has 1 aliphatic heterocycles. The van der Waals surface area contributed by atoms with Gasteiger partial charge < -0.3 is 4.90 Å². The number of amides is 1. The van der Waals surface area contributed by atoms with E-state index in [1.807, 2.05) is 31.3 Å². The van der Waals surface area contributed by atoms with Gasteiger partial charge in [0.2, 0.25) is 0 Å². The van der Waals surface area contributed by atoms with E-state index in [-0.39, 0.29) is 5.91 Å². The zero-order chi connectivity index (χ0) is 10.8. The smallest absolute Gasteiger partial charge is 0.258 e. The van der Waals surface area contributed by atoms with Crippen molar-refractivity contribution in [3.63, 3.8) is 0 Å². The summed E-state index contributed by atoms with van der Waals surface area (Å²) < 4.78 is 0. The Morgan fingerprint density at radius 1 is 1.27 bits per heavy atom. The first-order valence-electron chi connectivity index (χ1n) is 5.33. The summed E-state index contributed by atoms with van der Waals surface area (Å²) in [4.78, 5) is 13.6. The number of carbonyl (C=O) groups excluding carboxylic acids is 1. The second-order valence-corrected chi connectivity index (χ2v) is 3.79. The van der Waals surface area contributed by atoms with Gasteiger partial charge in [-0.1, -0.05) is 37.6 Å². The van der Waals surface area contributed by atoms with Crippen LogP contribution in [0.15, 0.2) is 30.3 Å². The second-order valence-electron chi connectivity index (χ2n) is 3.79. The topological polar surface area (TPSA) is 20.3 Å². The van der Waals surface area contributed by atoms with Crippen LogP contribution in [0, 0.1) is 0 Å². The summed E-state index contributed by atoms with van der Waals surface area (Å²) in [6, 6.07) is 7.79. The molecule has 1 aliphatic rings. The van der Waals surface area contributed by atoms with Crippen molar-refractivity contribution in [1.29, 1.82) is 0 Å². The molecule has 1 amide bonds. The molecule has 0 unspecified atom stereocenters. The minimum Gasteiger partial charge on any atom is -0.311 e. The van der Waals surface area contributed by atoms with Gasteiger partial charge in [-0.15, -0.1) is 0 Å². The first-order chi connectivity index (χ1) is 7.25. The molecule has 0 saturated heterocycles. The van der Waals surface area contributed by atoms with Crippen LogP contribution >= 0.6 is 0 Å². The van der Waals surface area contributed by atoms with E-state index >= 15 is 0 Å². The molecule has 2 rings (SSSR count). The lowest BCUT2D eigenvalue weighted by molar-refractivity contribution is 0.0874. The van der Waals surface area contributed by atoms with E-state index in [2.05, 4.69) is 13.0 Å². The molecule has 0 atom stereocenters. The third-order valence-electron chi connectivity index (χ3n) is 2.73. The highest BCUT2D eigenvalue weighted by molar-refractivity contribution is 6.08. The van der Waals surface area contributed by atoms with Crippen LogP contribution in [-0.2, 0) is 0 Å². The van der Waals surface area contributed by atoms with E-state index in [1.165, 1.54) is 0 Å². The largest absolute Gasteiger partial charge is 0.311 e. The van der Waals surface area contributed by atoms with Gasteiger partial charge in [0.05, 0.1) is 0 Å². The van der Waals surface area contributed by atoms with Crippen molar-refractivity contribution in [2.45, 2.75) is 19.8 Å². The molecule has 0 aromatic heterocycles. The van der Waals surface area contributed by atoms with Gasteiger partial charge in [0, 0.05) is 23.9 Å².